The third kappa shape index (κ3) is 2.95. The van der Waals surface area contributed by atoms with Gasteiger partial charge in [-0.1, -0.05) is 19.8 Å². The number of nitrogens with zero attached hydrogens (tertiary/aromatic N) is 2. The maximum Gasteiger partial charge on any atom is 0.0669 e. The van der Waals surface area contributed by atoms with Crippen LogP contribution in [0.4, 0.5) is 0 Å². The van der Waals surface area contributed by atoms with E-state index in [2.05, 4.69) is 17.9 Å². The quantitative estimate of drug-likeness (QED) is 0.694. The van der Waals surface area contributed by atoms with E-state index in [1.807, 2.05) is 0 Å². The molecule has 1 heterocycles. The van der Waals surface area contributed by atoms with E-state index in [1.165, 1.54) is 32.2 Å². The third-order valence-electron chi connectivity index (χ3n) is 4.11. The average molecular weight is 206 g/mol. The fourth-order valence-electron chi connectivity index (χ4n) is 2.98. The molecule has 2 heteroatoms. The van der Waals surface area contributed by atoms with E-state index in [4.69, 9.17) is 5.26 Å². The molecule has 0 bridgehead atoms. The molecule has 0 unspecified atom stereocenters. The molecule has 0 radical (unpaired) electrons. The SMILES string of the molecule is C[C@H]1CC[C@H](CN2CC[C@H](C#N)C2)CC1. The normalized spacial score (nSPS) is 37.7. The summed E-state index contributed by atoms with van der Waals surface area (Å²) in [4.78, 5) is 2.51. The van der Waals surface area contributed by atoms with Crippen LogP contribution < -0.4 is 0 Å². The number of likely N-dealkylation sites (tertiary alicyclic amines) is 1. The van der Waals surface area contributed by atoms with E-state index < -0.39 is 0 Å². The van der Waals surface area contributed by atoms with Gasteiger partial charge in [0.05, 0.1) is 12.0 Å². The van der Waals surface area contributed by atoms with Crippen molar-refractivity contribution in [2.75, 3.05) is 19.6 Å². The average Bonchev–Trinajstić information content (AvgIpc) is 2.69. The Morgan fingerprint density at radius 2 is 1.93 bits per heavy atom. The zero-order valence-corrected chi connectivity index (χ0v) is 9.78. The molecule has 1 saturated heterocycles. The van der Waals surface area contributed by atoms with Gasteiger partial charge in [-0.05, 0) is 37.6 Å². The van der Waals surface area contributed by atoms with Gasteiger partial charge in [0.25, 0.3) is 0 Å². The minimum atomic E-state index is 0.313. The van der Waals surface area contributed by atoms with Crippen LogP contribution in [0.3, 0.4) is 0 Å². The van der Waals surface area contributed by atoms with Crippen LogP contribution in [0.5, 0.6) is 0 Å². The lowest BCUT2D eigenvalue weighted by Crippen LogP contribution is -2.29. The molecule has 2 fully saturated rings. The lowest BCUT2D eigenvalue weighted by atomic mass is 9.83. The number of nitriles is 1. The lowest BCUT2D eigenvalue weighted by molar-refractivity contribution is 0.208. The highest BCUT2D eigenvalue weighted by Crippen LogP contribution is 2.29. The molecule has 15 heavy (non-hydrogen) atoms. The second kappa shape index (κ2) is 4.99. The molecule has 0 spiro atoms. The van der Waals surface area contributed by atoms with Crippen LogP contribution in [0.25, 0.3) is 0 Å². The molecule has 0 amide bonds. The maximum atomic E-state index is 8.85. The van der Waals surface area contributed by atoms with Crippen molar-refractivity contribution in [2.45, 2.75) is 39.0 Å². The Morgan fingerprint density at radius 1 is 1.20 bits per heavy atom. The summed E-state index contributed by atoms with van der Waals surface area (Å²) in [7, 11) is 0. The first-order valence-corrected chi connectivity index (χ1v) is 6.40. The molecule has 2 nitrogen and oxygen atoms in total. The first-order chi connectivity index (χ1) is 7.28. The van der Waals surface area contributed by atoms with Gasteiger partial charge >= 0.3 is 0 Å². The Balaban J connectivity index is 1.72. The van der Waals surface area contributed by atoms with E-state index in [9.17, 15) is 0 Å². The Labute approximate surface area is 93.3 Å². The predicted octanol–water partition coefficient (Wildman–Crippen LogP) is 2.66. The first kappa shape index (κ1) is 11.0. The smallest absolute Gasteiger partial charge is 0.0669 e. The Hall–Kier alpha value is -0.550. The molecule has 0 aromatic rings. The van der Waals surface area contributed by atoms with Crippen LogP contribution in [0.15, 0.2) is 0 Å². The van der Waals surface area contributed by atoms with Crippen LogP contribution in [0.2, 0.25) is 0 Å². The van der Waals surface area contributed by atoms with Crippen molar-refractivity contribution in [2.24, 2.45) is 17.8 Å². The van der Waals surface area contributed by atoms with Crippen LogP contribution in [0, 0.1) is 29.1 Å². The van der Waals surface area contributed by atoms with Crippen molar-refractivity contribution in [3.05, 3.63) is 0 Å². The molecule has 1 saturated carbocycles. The molecular formula is C13H22N2. The molecule has 1 aliphatic carbocycles. The van der Waals surface area contributed by atoms with Crippen molar-refractivity contribution in [3.8, 4) is 6.07 Å². The largest absolute Gasteiger partial charge is 0.302 e. The molecule has 84 valence electrons. The van der Waals surface area contributed by atoms with Gasteiger partial charge in [-0.15, -0.1) is 0 Å². The molecule has 0 aromatic heterocycles. The van der Waals surface area contributed by atoms with Crippen LogP contribution >= 0.6 is 0 Å². The third-order valence-corrected chi connectivity index (χ3v) is 4.11. The minimum Gasteiger partial charge on any atom is -0.302 e. The van der Waals surface area contributed by atoms with E-state index >= 15 is 0 Å². The van der Waals surface area contributed by atoms with Gasteiger partial charge in [0.1, 0.15) is 0 Å². The van der Waals surface area contributed by atoms with Gasteiger partial charge in [0.2, 0.25) is 0 Å². The van der Waals surface area contributed by atoms with Gasteiger partial charge in [-0.3, -0.25) is 0 Å². The van der Waals surface area contributed by atoms with Gasteiger partial charge < -0.3 is 4.90 Å². The highest BCUT2D eigenvalue weighted by atomic mass is 15.1. The number of hydrogen-bond donors (Lipinski definition) is 0. The number of rotatable bonds is 2. The number of hydrogen-bond acceptors (Lipinski definition) is 2. The Bertz CT molecular complexity index is 235. The fourth-order valence-corrected chi connectivity index (χ4v) is 2.98. The van der Waals surface area contributed by atoms with Gasteiger partial charge in [-0.25, -0.2) is 0 Å². The molecule has 2 aliphatic rings. The summed E-state index contributed by atoms with van der Waals surface area (Å²) in [5, 5.41) is 8.85. The van der Waals surface area contributed by atoms with Crippen molar-refractivity contribution >= 4 is 0 Å². The van der Waals surface area contributed by atoms with E-state index in [0.717, 1.165) is 31.3 Å². The van der Waals surface area contributed by atoms with Crippen molar-refractivity contribution in [1.29, 1.82) is 5.26 Å². The van der Waals surface area contributed by atoms with Gasteiger partial charge in [0, 0.05) is 13.1 Å². The molecule has 2 rings (SSSR count). The molecular weight excluding hydrogens is 184 g/mol. The molecule has 1 atom stereocenters. The Morgan fingerprint density at radius 3 is 2.53 bits per heavy atom. The van der Waals surface area contributed by atoms with Crippen molar-refractivity contribution in [1.82, 2.24) is 4.90 Å². The summed E-state index contributed by atoms with van der Waals surface area (Å²) < 4.78 is 0. The standard InChI is InChI=1S/C13H22N2/c1-11-2-4-12(5-3-11)9-15-7-6-13(8-14)10-15/h11-13H,2-7,9-10H2,1H3/t11-,12-,13-/m1/s1. The van der Waals surface area contributed by atoms with E-state index in [-0.39, 0.29) is 0 Å². The zero-order valence-electron chi connectivity index (χ0n) is 9.78. The molecule has 1 aliphatic heterocycles. The summed E-state index contributed by atoms with van der Waals surface area (Å²) >= 11 is 0. The second-order valence-corrected chi connectivity index (χ2v) is 5.50. The van der Waals surface area contributed by atoms with Crippen molar-refractivity contribution in [3.63, 3.8) is 0 Å². The summed E-state index contributed by atoms with van der Waals surface area (Å²) in [5.74, 6) is 2.18. The monoisotopic (exact) mass is 206 g/mol. The van der Waals surface area contributed by atoms with Crippen LogP contribution in [-0.4, -0.2) is 24.5 Å². The first-order valence-electron chi connectivity index (χ1n) is 6.40. The van der Waals surface area contributed by atoms with Crippen LogP contribution in [0.1, 0.15) is 39.0 Å². The maximum absolute atomic E-state index is 8.85. The van der Waals surface area contributed by atoms with Crippen molar-refractivity contribution < 1.29 is 0 Å². The zero-order chi connectivity index (χ0) is 10.7. The summed E-state index contributed by atoms with van der Waals surface area (Å²) in [6.45, 7) is 5.82. The van der Waals surface area contributed by atoms with Crippen LogP contribution in [-0.2, 0) is 0 Å². The molecule has 0 N–H and O–H groups in total. The molecule has 0 aromatic carbocycles. The second-order valence-electron chi connectivity index (χ2n) is 5.50. The summed E-state index contributed by atoms with van der Waals surface area (Å²) in [6.07, 6.45) is 6.75. The minimum absolute atomic E-state index is 0.313. The fraction of sp³-hybridized carbons (Fsp3) is 0.923. The Kier molecular flexibility index (Phi) is 3.64. The lowest BCUT2D eigenvalue weighted by Gasteiger charge is -2.29. The van der Waals surface area contributed by atoms with Gasteiger partial charge in [0.15, 0.2) is 0 Å². The summed E-state index contributed by atoms with van der Waals surface area (Å²) in [6, 6.07) is 2.40. The topological polar surface area (TPSA) is 27.0 Å². The van der Waals surface area contributed by atoms with E-state index in [1.54, 1.807) is 0 Å². The highest BCUT2D eigenvalue weighted by Gasteiger charge is 2.26. The predicted molar refractivity (Wildman–Crippen MR) is 61.3 cm³/mol. The van der Waals surface area contributed by atoms with E-state index in [0.29, 0.717) is 5.92 Å². The highest BCUT2D eigenvalue weighted by molar-refractivity contribution is 4.91. The summed E-state index contributed by atoms with van der Waals surface area (Å²) in [5.41, 5.74) is 0. The van der Waals surface area contributed by atoms with Gasteiger partial charge in [-0.2, -0.15) is 5.26 Å².